The van der Waals surface area contributed by atoms with E-state index < -0.39 is 0 Å². The van der Waals surface area contributed by atoms with Crippen molar-refractivity contribution in [3.05, 3.63) is 158 Å². The molecule has 214 valence electrons. The Hall–Kier alpha value is -3.66. The molecule has 44 heavy (non-hydrogen) atoms. The SMILES string of the molecule is CC1=CC2=C3CN(c4ccc5c(c4)C4(c6ccccc6-c6ccccc64)c4ccccc4-5)CC3=C3C=C(C)SC3(C)C2(C)S1. The number of fused-ring (bicyclic) bond motifs is 14. The minimum absolute atomic E-state index is 0.0566. The van der Waals surface area contributed by atoms with Gasteiger partial charge in [0.25, 0.3) is 0 Å². The molecule has 2 unspecified atom stereocenters. The minimum Gasteiger partial charge on any atom is -0.363 e. The maximum atomic E-state index is 2.65. The molecule has 0 N–H and O–H groups in total. The predicted octanol–water partition coefficient (Wildman–Crippen LogP) is 10.3. The summed E-state index contributed by atoms with van der Waals surface area (Å²) in [6.07, 6.45) is 5.00. The lowest BCUT2D eigenvalue weighted by molar-refractivity contribution is 0.609. The highest BCUT2D eigenvalue weighted by atomic mass is 32.2. The number of allylic oxidation sites excluding steroid dienone is 4. The quantitative estimate of drug-likeness (QED) is 0.184. The molecular formula is C41H33NS2. The van der Waals surface area contributed by atoms with Crippen LogP contribution in [0.3, 0.4) is 0 Å². The first-order chi connectivity index (χ1) is 21.3. The van der Waals surface area contributed by atoms with Gasteiger partial charge < -0.3 is 4.90 Å². The molecule has 3 heteroatoms. The van der Waals surface area contributed by atoms with E-state index in [1.165, 1.54) is 60.0 Å². The number of hydrogen-bond donors (Lipinski definition) is 0. The Morgan fingerprint density at radius 2 is 0.977 bits per heavy atom. The molecule has 0 bridgehead atoms. The molecule has 0 saturated carbocycles. The molecule has 1 nitrogen and oxygen atoms in total. The fourth-order valence-electron chi connectivity index (χ4n) is 9.54. The Balaban J connectivity index is 1.19. The van der Waals surface area contributed by atoms with Gasteiger partial charge in [-0.15, -0.1) is 23.5 Å². The molecule has 0 radical (unpaired) electrons. The third-order valence-corrected chi connectivity index (χ3v) is 14.5. The lowest BCUT2D eigenvalue weighted by Gasteiger charge is -2.46. The second-order valence-corrected chi connectivity index (χ2v) is 16.9. The second-order valence-electron chi connectivity index (χ2n) is 13.5. The van der Waals surface area contributed by atoms with Crippen molar-refractivity contribution in [2.24, 2.45) is 0 Å². The van der Waals surface area contributed by atoms with Gasteiger partial charge in [-0.1, -0.05) is 78.9 Å². The number of rotatable bonds is 1. The van der Waals surface area contributed by atoms with Crippen molar-refractivity contribution in [1.82, 2.24) is 0 Å². The molecule has 0 amide bonds. The van der Waals surface area contributed by atoms with Gasteiger partial charge in [0.2, 0.25) is 0 Å². The number of thioether (sulfide) groups is 2. The first kappa shape index (κ1) is 25.6. The van der Waals surface area contributed by atoms with Crippen molar-refractivity contribution in [3.63, 3.8) is 0 Å². The van der Waals surface area contributed by atoms with E-state index in [1.54, 1.807) is 22.3 Å². The summed E-state index contributed by atoms with van der Waals surface area (Å²) in [7, 11) is 0. The highest BCUT2D eigenvalue weighted by Crippen LogP contribution is 2.68. The summed E-state index contributed by atoms with van der Waals surface area (Å²) >= 11 is 4.16. The fraction of sp³-hybridized carbons (Fsp3) is 0.220. The summed E-state index contributed by atoms with van der Waals surface area (Å²) in [4.78, 5) is 5.53. The minimum atomic E-state index is -0.299. The summed E-state index contributed by atoms with van der Waals surface area (Å²) in [5, 5.41) is 0. The second kappa shape index (κ2) is 8.33. The molecular weight excluding hydrogens is 571 g/mol. The average Bonchev–Trinajstić information content (AvgIpc) is 3.81. The third kappa shape index (κ3) is 2.83. The van der Waals surface area contributed by atoms with Crippen molar-refractivity contribution in [2.45, 2.75) is 42.6 Å². The van der Waals surface area contributed by atoms with Gasteiger partial charge in [0.1, 0.15) is 0 Å². The van der Waals surface area contributed by atoms with Gasteiger partial charge >= 0.3 is 0 Å². The first-order valence-electron chi connectivity index (χ1n) is 15.8. The zero-order chi connectivity index (χ0) is 29.6. The van der Waals surface area contributed by atoms with Crippen LogP contribution in [-0.2, 0) is 5.41 Å². The molecule has 2 atom stereocenters. The Morgan fingerprint density at radius 1 is 0.545 bits per heavy atom. The van der Waals surface area contributed by atoms with Crippen molar-refractivity contribution in [3.8, 4) is 22.3 Å². The fourth-order valence-corrected chi connectivity index (χ4v) is 12.6. The van der Waals surface area contributed by atoms with E-state index in [2.05, 4.69) is 159 Å². The molecule has 4 aromatic carbocycles. The standard InChI is InChI=1S/C41H33NS2/c1-24-19-36-31-22-42(23-32(31)37-20-25(2)44-40(37,4)39(36,3)43-24)26-17-18-30-29-13-7-10-16-35(29)41(38(30)21-26)33-14-8-5-11-27(33)28-12-6-9-15-34(28)41/h5-21H,22-23H2,1-4H3. The molecule has 1 saturated heterocycles. The van der Waals surface area contributed by atoms with Crippen LogP contribution in [0.5, 0.6) is 0 Å². The molecule has 3 aliphatic heterocycles. The zero-order valence-corrected chi connectivity index (χ0v) is 27.1. The highest BCUT2D eigenvalue weighted by molar-refractivity contribution is 8.09. The Kier molecular flexibility index (Phi) is 4.85. The van der Waals surface area contributed by atoms with Crippen LogP contribution in [0.15, 0.2) is 135 Å². The van der Waals surface area contributed by atoms with Gasteiger partial charge in [-0.05, 0) is 129 Å². The monoisotopic (exact) mass is 603 g/mol. The lowest BCUT2D eigenvalue weighted by Crippen LogP contribution is -2.47. The van der Waals surface area contributed by atoms with Gasteiger partial charge in [0.15, 0.2) is 0 Å². The average molecular weight is 604 g/mol. The van der Waals surface area contributed by atoms with E-state index in [-0.39, 0.29) is 14.9 Å². The van der Waals surface area contributed by atoms with Crippen LogP contribution in [0.25, 0.3) is 22.3 Å². The van der Waals surface area contributed by atoms with Crippen LogP contribution < -0.4 is 4.90 Å². The molecule has 1 fully saturated rings. The van der Waals surface area contributed by atoms with Gasteiger partial charge in [0.05, 0.1) is 14.9 Å². The Labute approximate surface area is 268 Å². The van der Waals surface area contributed by atoms with E-state index in [4.69, 9.17) is 0 Å². The number of hydrogen-bond acceptors (Lipinski definition) is 3. The summed E-state index contributed by atoms with van der Waals surface area (Å²) in [5.41, 5.74) is 18.4. The normalized spacial score (nSPS) is 26.2. The summed E-state index contributed by atoms with van der Waals surface area (Å²) in [5.74, 6) is 0. The van der Waals surface area contributed by atoms with E-state index >= 15 is 0 Å². The highest BCUT2D eigenvalue weighted by Gasteiger charge is 2.59. The van der Waals surface area contributed by atoms with E-state index in [1.807, 2.05) is 0 Å². The van der Waals surface area contributed by atoms with Crippen molar-refractivity contribution in [1.29, 1.82) is 0 Å². The number of benzene rings is 4. The van der Waals surface area contributed by atoms with Crippen LogP contribution in [-0.4, -0.2) is 22.6 Å². The van der Waals surface area contributed by atoms with E-state index in [9.17, 15) is 0 Å². The molecule has 0 aromatic heterocycles. The van der Waals surface area contributed by atoms with Gasteiger partial charge in [-0.2, -0.15) is 0 Å². The van der Waals surface area contributed by atoms with Gasteiger partial charge in [-0.25, -0.2) is 0 Å². The van der Waals surface area contributed by atoms with Crippen LogP contribution in [0.2, 0.25) is 0 Å². The van der Waals surface area contributed by atoms with E-state index in [0.717, 1.165) is 13.1 Å². The maximum absolute atomic E-state index is 2.65. The topological polar surface area (TPSA) is 3.24 Å². The van der Waals surface area contributed by atoms with Crippen LogP contribution in [0.4, 0.5) is 5.69 Å². The van der Waals surface area contributed by atoms with Crippen molar-refractivity contribution >= 4 is 29.2 Å². The van der Waals surface area contributed by atoms with Gasteiger partial charge in [-0.3, -0.25) is 0 Å². The summed E-state index contributed by atoms with van der Waals surface area (Å²) in [6.45, 7) is 11.5. The smallest absolute Gasteiger partial charge is 0.0726 e. The van der Waals surface area contributed by atoms with Crippen molar-refractivity contribution in [2.75, 3.05) is 18.0 Å². The predicted molar refractivity (Wildman–Crippen MR) is 189 cm³/mol. The largest absolute Gasteiger partial charge is 0.363 e. The number of anilines is 1. The molecule has 10 rings (SSSR count). The lowest BCUT2D eigenvalue weighted by atomic mass is 9.70. The third-order valence-electron chi connectivity index (χ3n) is 11.4. The molecule has 3 heterocycles. The Bertz CT molecular complexity index is 2020. The zero-order valence-electron chi connectivity index (χ0n) is 25.5. The maximum Gasteiger partial charge on any atom is 0.0726 e. The van der Waals surface area contributed by atoms with Crippen LogP contribution in [0.1, 0.15) is 49.9 Å². The molecule has 4 aromatic rings. The van der Waals surface area contributed by atoms with Crippen LogP contribution >= 0.6 is 23.5 Å². The van der Waals surface area contributed by atoms with Gasteiger partial charge in [0, 0.05) is 18.8 Å². The van der Waals surface area contributed by atoms with E-state index in [0.29, 0.717) is 0 Å². The van der Waals surface area contributed by atoms with Crippen molar-refractivity contribution < 1.29 is 0 Å². The summed E-state index contributed by atoms with van der Waals surface area (Å²) in [6, 6.07) is 34.7. The number of nitrogens with zero attached hydrogens (tertiary/aromatic N) is 1. The molecule has 3 aliphatic carbocycles. The Morgan fingerprint density at radius 3 is 1.45 bits per heavy atom. The van der Waals surface area contributed by atoms with Crippen LogP contribution in [0, 0.1) is 0 Å². The molecule has 6 aliphatic rings. The summed E-state index contributed by atoms with van der Waals surface area (Å²) < 4.78 is 0.113. The first-order valence-corrected chi connectivity index (χ1v) is 17.4. The molecule has 1 spiro atoms.